The largest absolute Gasteiger partial charge is 0.434 e. The van der Waals surface area contributed by atoms with Crippen molar-refractivity contribution in [1.82, 2.24) is 15.0 Å². The monoisotopic (exact) mass is 323 g/mol. The molecule has 8 heteroatoms. The zero-order valence-electron chi connectivity index (χ0n) is 12.7. The number of benzene rings is 1. The first kappa shape index (κ1) is 15.3. The van der Waals surface area contributed by atoms with Crippen molar-refractivity contribution in [1.29, 1.82) is 0 Å². The summed E-state index contributed by atoms with van der Waals surface area (Å²) in [6.45, 7) is 1.89. The molecular formula is C16H13N5O3. The van der Waals surface area contributed by atoms with Gasteiger partial charge < -0.3 is 10.1 Å². The van der Waals surface area contributed by atoms with Crippen LogP contribution < -0.4 is 10.1 Å². The van der Waals surface area contributed by atoms with E-state index in [1.54, 1.807) is 36.5 Å². The number of rotatable bonds is 5. The minimum absolute atomic E-state index is 0.0130. The fourth-order valence-corrected chi connectivity index (χ4v) is 2.02. The smallest absolute Gasteiger partial charge is 0.373 e. The number of ether oxygens (including phenoxy) is 1. The normalized spacial score (nSPS) is 10.2. The molecule has 2 aromatic heterocycles. The highest BCUT2D eigenvalue weighted by Gasteiger charge is 2.25. The van der Waals surface area contributed by atoms with E-state index in [1.807, 2.05) is 19.1 Å². The third-order valence-corrected chi connectivity index (χ3v) is 3.09. The molecule has 8 nitrogen and oxygen atoms in total. The van der Waals surface area contributed by atoms with E-state index in [4.69, 9.17) is 4.74 Å². The van der Waals surface area contributed by atoms with Crippen LogP contribution >= 0.6 is 0 Å². The SMILES string of the molecule is Cc1ccnc(Nc2ncnc(Oc3ccccc3)c2[N+](=O)[O-])c1. The molecule has 3 rings (SSSR count). The van der Waals surface area contributed by atoms with Gasteiger partial charge in [0.1, 0.15) is 17.9 Å². The minimum atomic E-state index is -0.587. The molecule has 0 bridgehead atoms. The quantitative estimate of drug-likeness (QED) is 0.565. The van der Waals surface area contributed by atoms with Gasteiger partial charge in [-0.1, -0.05) is 18.2 Å². The maximum absolute atomic E-state index is 11.5. The summed E-state index contributed by atoms with van der Waals surface area (Å²) in [5.74, 6) is 0.761. The summed E-state index contributed by atoms with van der Waals surface area (Å²) in [4.78, 5) is 22.8. The second-order valence-corrected chi connectivity index (χ2v) is 4.89. The van der Waals surface area contributed by atoms with Gasteiger partial charge in [-0.05, 0) is 36.8 Å². The van der Waals surface area contributed by atoms with Gasteiger partial charge in [0.2, 0.25) is 5.82 Å². The van der Waals surface area contributed by atoms with Crippen LogP contribution in [0.25, 0.3) is 0 Å². The first-order valence-electron chi connectivity index (χ1n) is 7.05. The van der Waals surface area contributed by atoms with Gasteiger partial charge in [0.15, 0.2) is 0 Å². The van der Waals surface area contributed by atoms with Crippen molar-refractivity contribution < 1.29 is 9.66 Å². The summed E-state index contributed by atoms with van der Waals surface area (Å²) in [7, 11) is 0. The van der Waals surface area contributed by atoms with Gasteiger partial charge >= 0.3 is 11.6 Å². The number of nitro groups is 1. The predicted molar refractivity (Wildman–Crippen MR) is 87.5 cm³/mol. The van der Waals surface area contributed by atoms with Gasteiger partial charge in [0, 0.05) is 6.20 Å². The predicted octanol–water partition coefficient (Wildman–Crippen LogP) is 3.62. The van der Waals surface area contributed by atoms with Crippen LogP contribution in [0.3, 0.4) is 0 Å². The fourth-order valence-electron chi connectivity index (χ4n) is 2.02. The van der Waals surface area contributed by atoms with Crippen molar-refractivity contribution in [2.45, 2.75) is 6.92 Å². The van der Waals surface area contributed by atoms with Crippen LogP contribution in [0.2, 0.25) is 0 Å². The topological polar surface area (TPSA) is 103 Å². The van der Waals surface area contributed by atoms with Gasteiger partial charge in [-0.25, -0.2) is 9.97 Å². The van der Waals surface area contributed by atoms with Gasteiger partial charge in [0.25, 0.3) is 0 Å². The third kappa shape index (κ3) is 3.43. The number of hydrogen-bond donors (Lipinski definition) is 1. The third-order valence-electron chi connectivity index (χ3n) is 3.09. The van der Waals surface area contributed by atoms with Crippen LogP contribution in [-0.4, -0.2) is 19.9 Å². The summed E-state index contributed by atoms with van der Waals surface area (Å²) < 4.78 is 5.52. The van der Waals surface area contributed by atoms with E-state index in [9.17, 15) is 10.1 Å². The van der Waals surface area contributed by atoms with Crippen molar-refractivity contribution in [3.8, 4) is 11.6 Å². The first-order valence-corrected chi connectivity index (χ1v) is 7.05. The molecule has 0 aliphatic rings. The molecule has 0 atom stereocenters. The minimum Gasteiger partial charge on any atom is -0.434 e. The highest BCUT2D eigenvalue weighted by molar-refractivity contribution is 5.67. The van der Waals surface area contributed by atoms with E-state index in [0.717, 1.165) is 5.56 Å². The van der Waals surface area contributed by atoms with E-state index in [1.165, 1.54) is 6.33 Å². The summed E-state index contributed by atoms with van der Waals surface area (Å²) >= 11 is 0. The average Bonchev–Trinajstić information content (AvgIpc) is 2.56. The van der Waals surface area contributed by atoms with Crippen LogP contribution in [0.1, 0.15) is 5.56 Å². The van der Waals surface area contributed by atoms with E-state index in [-0.39, 0.29) is 17.4 Å². The molecule has 0 fully saturated rings. The molecule has 2 heterocycles. The van der Waals surface area contributed by atoms with Crippen LogP contribution in [0.5, 0.6) is 11.6 Å². The molecule has 3 aromatic rings. The lowest BCUT2D eigenvalue weighted by Crippen LogP contribution is -2.04. The Morgan fingerprint density at radius 3 is 2.62 bits per heavy atom. The molecular weight excluding hydrogens is 310 g/mol. The highest BCUT2D eigenvalue weighted by atomic mass is 16.6. The van der Waals surface area contributed by atoms with Crippen LogP contribution in [0.15, 0.2) is 55.0 Å². The van der Waals surface area contributed by atoms with Gasteiger partial charge in [-0.2, -0.15) is 4.98 Å². The Morgan fingerprint density at radius 1 is 1.12 bits per heavy atom. The van der Waals surface area contributed by atoms with Crippen LogP contribution in [-0.2, 0) is 0 Å². The maximum Gasteiger partial charge on any atom is 0.373 e. The summed E-state index contributed by atoms with van der Waals surface area (Å²) in [6.07, 6.45) is 2.80. The first-order chi connectivity index (χ1) is 11.6. The van der Waals surface area contributed by atoms with Crippen LogP contribution in [0.4, 0.5) is 17.3 Å². The molecule has 0 radical (unpaired) electrons. The molecule has 120 valence electrons. The molecule has 0 aliphatic heterocycles. The number of pyridine rings is 1. The molecule has 0 unspecified atom stereocenters. The fraction of sp³-hybridized carbons (Fsp3) is 0.0625. The molecule has 1 N–H and O–H groups in total. The van der Waals surface area contributed by atoms with E-state index in [0.29, 0.717) is 11.6 Å². The number of nitrogens with zero attached hydrogens (tertiary/aromatic N) is 4. The molecule has 0 saturated carbocycles. The molecule has 1 aromatic carbocycles. The van der Waals surface area contributed by atoms with Gasteiger partial charge in [0.05, 0.1) is 4.92 Å². The average molecular weight is 323 g/mol. The van der Waals surface area contributed by atoms with Crippen molar-refractivity contribution in [2.24, 2.45) is 0 Å². The zero-order chi connectivity index (χ0) is 16.9. The van der Waals surface area contributed by atoms with Gasteiger partial charge in [-0.15, -0.1) is 0 Å². The Hall–Kier alpha value is -3.55. The number of hydrogen-bond acceptors (Lipinski definition) is 7. The lowest BCUT2D eigenvalue weighted by molar-refractivity contribution is -0.385. The Labute approximate surface area is 137 Å². The lowest BCUT2D eigenvalue weighted by atomic mass is 10.3. The Kier molecular flexibility index (Phi) is 4.28. The Bertz CT molecular complexity index is 871. The number of nitrogens with one attached hydrogen (secondary N) is 1. The van der Waals surface area contributed by atoms with Crippen molar-refractivity contribution in [2.75, 3.05) is 5.32 Å². The maximum atomic E-state index is 11.5. The van der Waals surface area contributed by atoms with E-state index < -0.39 is 4.92 Å². The molecule has 0 spiro atoms. The standard InChI is InChI=1S/C16H13N5O3/c1-11-7-8-17-13(9-11)20-15-14(21(22)23)16(19-10-18-15)24-12-5-3-2-4-6-12/h2-10H,1H3,(H,17,18,19,20). The second kappa shape index (κ2) is 6.69. The van der Waals surface area contributed by atoms with Crippen molar-refractivity contribution in [3.63, 3.8) is 0 Å². The number of anilines is 2. The second-order valence-electron chi connectivity index (χ2n) is 4.89. The Balaban J connectivity index is 1.97. The molecule has 0 amide bonds. The van der Waals surface area contributed by atoms with Gasteiger partial charge in [-0.3, -0.25) is 10.1 Å². The summed E-state index contributed by atoms with van der Waals surface area (Å²) in [5.41, 5.74) is 0.606. The molecule has 0 saturated heterocycles. The molecule has 0 aliphatic carbocycles. The van der Waals surface area contributed by atoms with Crippen molar-refractivity contribution in [3.05, 3.63) is 70.7 Å². The highest BCUT2D eigenvalue weighted by Crippen LogP contribution is 2.35. The zero-order valence-corrected chi connectivity index (χ0v) is 12.7. The number of para-hydroxylation sites is 1. The number of aryl methyl sites for hydroxylation is 1. The van der Waals surface area contributed by atoms with E-state index >= 15 is 0 Å². The van der Waals surface area contributed by atoms with Crippen LogP contribution in [0, 0.1) is 17.0 Å². The summed E-state index contributed by atoms with van der Waals surface area (Å²) in [5, 5.41) is 14.3. The lowest BCUT2D eigenvalue weighted by Gasteiger charge is -2.09. The number of aromatic nitrogens is 3. The Morgan fingerprint density at radius 2 is 1.92 bits per heavy atom. The van der Waals surface area contributed by atoms with E-state index in [2.05, 4.69) is 20.3 Å². The van der Waals surface area contributed by atoms with Crippen molar-refractivity contribution >= 4 is 17.3 Å². The molecule has 24 heavy (non-hydrogen) atoms. The summed E-state index contributed by atoms with van der Waals surface area (Å²) in [6, 6.07) is 12.3.